The third kappa shape index (κ3) is 3.85. The minimum absolute atomic E-state index is 0. The molecule has 0 bridgehead atoms. The summed E-state index contributed by atoms with van der Waals surface area (Å²) in [5, 5.41) is 10.9. The molecule has 2 N–H and O–H groups in total. The Morgan fingerprint density at radius 2 is 2.27 bits per heavy atom. The van der Waals surface area contributed by atoms with Crippen molar-refractivity contribution in [1.82, 2.24) is 5.32 Å². The van der Waals surface area contributed by atoms with Gasteiger partial charge in [0.05, 0.1) is 18.5 Å². The van der Waals surface area contributed by atoms with Crippen LogP contribution in [0.4, 0.5) is 0 Å². The number of aliphatic imine (C=N–C) groups is 1. The van der Waals surface area contributed by atoms with Crippen molar-refractivity contribution < 1.29 is 9.90 Å². The molecule has 0 fully saturated rings. The second-order valence-corrected chi connectivity index (χ2v) is 1.61. The van der Waals surface area contributed by atoms with Gasteiger partial charge >= 0.3 is 5.97 Å². The fourth-order valence-electron chi connectivity index (χ4n) is 0.510. The summed E-state index contributed by atoms with van der Waals surface area (Å²) in [7, 11) is 0. The molecule has 0 aromatic heterocycles. The molecule has 1 heterocycles. The Balaban J connectivity index is 0. The summed E-state index contributed by atoms with van der Waals surface area (Å²) in [4.78, 5) is 13.9. The first-order valence-corrected chi connectivity index (χ1v) is 2.47. The Labute approximate surface area is 76.2 Å². The number of nitrogens with one attached hydrogen (secondary N) is 1. The van der Waals surface area contributed by atoms with Crippen LogP contribution in [-0.2, 0) is 4.79 Å². The predicted octanol–water partition coefficient (Wildman–Crippen LogP) is 0.430. The van der Waals surface area contributed by atoms with Gasteiger partial charge in [-0.3, -0.25) is 4.99 Å². The zero-order valence-corrected chi connectivity index (χ0v) is 7.11. The number of carboxylic acids is 1. The van der Waals surface area contributed by atoms with Gasteiger partial charge in [0.2, 0.25) is 0 Å². The summed E-state index contributed by atoms with van der Waals surface area (Å²) in [6, 6.07) is 0. The highest BCUT2D eigenvalue weighted by Gasteiger charge is 2.06. The molecule has 0 saturated carbocycles. The first-order valence-electron chi connectivity index (χ1n) is 2.47. The van der Waals surface area contributed by atoms with E-state index >= 15 is 0 Å². The second kappa shape index (κ2) is 6.00. The van der Waals surface area contributed by atoms with Crippen molar-refractivity contribution in [2.45, 2.75) is 0 Å². The van der Waals surface area contributed by atoms with Crippen molar-refractivity contribution in [3.8, 4) is 0 Å². The molecule has 0 unspecified atom stereocenters. The standard InChI is InChI=1S/C5H6N2O2.2ClH/c8-5(9)4-1-6-3-7-2-4;;/h1,3H,2H2,(H,6,7)(H,8,9);2*1H. The van der Waals surface area contributed by atoms with Crippen LogP contribution < -0.4 is 5.32 Å². The summed E-state index contributed by atoms with van der Waals surface area (Å²) >= 11 is 0. The Morgan fingerprint density at radius 3 is 2.55 bits per heavy atom. The molecule has 1 aliphatic rings. The van der Waals surface area contributed by atoms with Gasteiger partial charge in [-0.2, -0.15) is 0 Å². The number of nitrogens with zero attached hydrogens (tertiary/aromatic N) is 1. The fraction of sp³-hybridized carbons (Fsp3) is 0.200. The lowest BCUT2D eigenvalue weighted by molar-refractivity contribution is -0.132. The van der Waals surface area contributed by atoms with Crippen LogP contribution in [0, 0.1) is 0 Å². The molecule has 6 heteroatoms. The zero-order valence-electron chi connectivity index (χ0n) is 5.48. The van der Waals surface area contributed by atoms with E-state index < -0.39 is 5.97 Å². The van der Waals surface area contributed by atoms with E-state index in [2.05, 4.69) is 10.3 Å². The van der Waals surface area contributed by atoms with Gasteiger partial charge in [-0.1, -0.05) is 0 Å². The van der Waals surface area contributed by atoms with E-state index in [1.165, 1.54) is 12.5 Å². The van der Waals surface area contributed by atoms with Crippen molar-refractivity contribution in [1.29, 1.82) is 0 Å². The molecule has 0 spiro atoms. The summed E-state index contributed by atoms with van der Waals surface area (Å²) in [6.07, 6.45) is 2.89. The Kier molecular flexibility index (Phi) is 7.04. The molecule has 64 valence electrons. The number of halogens is 2. The van der Waals surface area contributed by atoms with Gasteiger partial charge in [0.25, 0.3) is 0 Å². The maximum atomic E-state index is 10.2. The van der Waals surface area contributed by atoms with Gasteiger partial charge in [-0.05, 0) is 0 Å². The zero-order chi connectivity index (χ0) is 6.69. The molecule has 1 aliphatic heterocycles. The average Bonchev–Trinajstić information content (AvgIpc) is 1.90. The van der Waals surface area contributed by atoms with E-state index in [4.69, 9.17) is 5.11 Å². The smallest absolute Gasteiger partial charge is 0.334 e. The van der Waals surface area contributed by atoms with E-state index in [9.17, 15) is 4.79 Å². The van der Waals surface area contributed by atoms with Crippen molar-refractivity contribution in [3.63, 3.8) is 0 Å². The number of aliphatic carboxylic acids is 1. The third-order valence-corrected chi connectivity index (χ3v) is 0.960. The first-order chi connectivity index (χ1) is 4.30. The monoisotopic (exact) mass is 198 g/mol. The lowest BCUT2D eigenvalue weighted by Gasteiger charge is -2.01. The maximum Gasteiger partial charge on any atom is 0.334 e. The average molecular weight is 199 g/mol. The molecule has 0 radical (unpaired) electrons. The van der Waals surface area contributed by atoms with E-state index in [1.54, 1.807) is 0 Å². The third-order valence-electron chi connectivity index (χ3n) is 0.960. The molecule has 0 aliphatic carbocycles. The quantitative estimate of drug-likeness (QED) is 0.643. The Hall–Kier alpha value is -0.740. The normalized spacial score (nSPS) is 13.3. The van der Waals surface area contributed by atoms with Crippen LogP contribution in [-0.4, -0.2) is 24.0 Å². The SMILES string of the molecule is Cl.Cl.O=C(O)C1=CNC=NC1. The van der Waals surface area contributed by atoms with Crippen LogP contribution in [0.1, 0.15) is 0 Å². The Bertz CT molecular complexity index is 191. The second-order valence-electron chi connectivity index (χ2n) is 1.61. The van der Waals surface area contributed by atoms with Crippen LogP contribution in [0.5, 0.6) is 0 Å². The lowest BCUT2D eigenvalue weighted by Crippen LogP contribution is -2.15. The number of carboxylic acid groups (broad SMARTS) is 1. The predicted molar refractivity (Wildman–Crippen MR) is 46.7 cm³/mol. The van der Waals surface area contributed by atoms with Gasteiger partial charge in [0.1, 0.15) is 0 Å². The number of rotatable bonds is 1. The molecule has 4 nitrogen and oxygen atoms in total. The van der Waals surface area contributed by atoms with Gasteiger partial charge in [0, 0.05) is 6.20 Å². The molecular weight excluding hydrogens is 191 g/mol. The largest absolute Gasteiger partial charge is 0.478 e. The van der Waals surface area contributed by atoms with Crippen LogP contribution in [0.25, 0.3) is 0 Å². The lowest BCUT2D eigenvalue weighted by atomic mass is 10.3. The molecule has 0 aromatic carbocycles. The van der Waals surface area contributed by atoms with E-state index in [1.807, 2.05) is 0 Å². The fourth-order valence-corrected chi connectivity index (χ4v) is 0.510. The van der Waals surface area contributed by atoms with Crippen molar-refractivity contribution >= 4 is 37.1 Å². The molecule has 0 atom stereocenters. The van der Waals surface area contributed by atoms with Crippen molar-refractivity contribution in [3.05, 3.63) is 11.8 Å². The first kappa shape index (κ1) is 12.9. The minimum Gasteiger partial charge on any atom is -0.478 e. The molecule has 0 aromatic rings. The highest BCUT2D eigenvalue weighted by molar-refractivity contribution is 5.88. The maximum absolute atomic E-state index is 10.2. The highest BCUT2D eigenvalue weighted by Crippen LogP contribution is 1.95. The number of carbonyl (C=O) groups is 1. The van der Waals surface area contributed by atoms with Gasteiger partial charge in [-0.15, -0.1) is 24.8 Å². The topological polar surface area (TPSA) is 61.7 Å². The van der Waals surface area contributed by atoms with Crippen LogP contribution in [0.15, 0.2) is 16.8 Å². The number of hydrogen-bond acceptors (Lipinski definition) is 3. The number of hydrogen-bond donors (Lipinski definition) is 2. The minimum atomic E-state index is -0.917. The van der Waals surface area contributed by atoms with E-state index in [0.717, 1.165) is 0 Å². The summed E-state index contributed by atoms with van der Waals surface area (Å²) in [6.45, 7) is 0.266. The van der Waals surface area contributed by atoms with E-state index in [-0.39, 0.29) is 36.9 Å². The molecule has 0 amide bonds. The van der Waals surface area contributed by atoms with Crippen molar-refractivity contribution in [2.24, 2.45) is 4.99 Å². The van der Waals surface area contributed by atoms with Crippen molar-refractivity contribution in [2.75, 3.05) is 6.54 Å². The molecular formula is C5H8Cl2N2O2. The van der Waals surface area contributed by atoms with Gasteiger partial charge in [0.15, 0.2) is 0 Å². The molecule has 1 rings (SSSR count). The molecule has 11 heavy (non-hydrogen) atoms. The van der Waals surface area contributed by atoms with Crippen LogP contribution >= 0.6 is 24.8 Å². The molecule has 0 saturated heterocycles. The van der Waals surface area contributed by atoms with Crippen LogP contribution in [0.3, 0.4) is 0 Å². The van der Waals surface area contributed by atoms with E-state index in [0.29, 0.717) is 0 Å². The van der Waals surface area contributed by atoms with Crippen LogP contribution in [0.2, 0.25) is 0 Å². The van der Waals surface area contributed by atoms with Gasteiger partial charge in [-0.25, -0.2) is 4.79 Å². The Morgan fingerprint density at radius 1 is 1.64 bits per heavy atom. The summed E-state index contributed by atoms with van der Waals surface area (Å²) in [5.41, 5.74) is 0.289. The summed E-state index contributed by atoms with van der Waals surface area (Å²) < 4.78 is 0. The summed E-state index contributed by atoms with van der Waals surface area (Å²) in [5.74, 6) is -0.917. The van der Waals surface area contributed by atoms with Gasteiger partial charge < -0.3 is 10.4 Å². The highest BCUT2D eigenvalue weighted by atomic mass is 35.5.